The summed E-state index contributed by atoms with van der Waals surface area (Å²) in [6.07, 6.45) is 0.303. The summed E-state index contributed by atoms with van der Waals surface area (Å²) < 4.78 is 0. The summed E-state index contributed by atoms with van der Waals surface area (Å²) in [6, 6.07) is 5.22. The van der Waals surface area contributed by atoms with Crippen molar-refractivity contribution < 1.29 is 4.79 Å². The van der Waals surface area contributed by atoms with Crippen LogP contribution in [0.2, 0.25) is 0 Å². The number of benzene rings is 1. The molecule has 0 heterocycles. The molecule has 0 aromatic heterocycles. The first-order chi connectivity index (χ1) is 6.69. The van der Waals surface area contributed by atoms with E-state index in [2.05, 4.69) is 0 Å². The molecular weight excluding hydrogens is 221 g/mol. The Morgan fingerprint density at radius 1 is 1.36 bits per heavy atom. The van der Waals surface area contributed by atoms with Gasteiger partial charge < -0.3 is 5.73 Å². The number of anilines is 1. The van der Waals surface area contributed by atoms with Gasteiger partial charge in [-0.3, -0.25) is 4.79 Å². The minimum absolute atomic E-state index is 0.0375. The molecule has 1 rings (SSSR count). The van der Waals surface area contributed by atoms with Crippen molar-refractivity contribution >= 4 is 34.7 Å². The number of Topliss-reactive ketones (excluding diaryl/α,β-unsaturated/α-hetero) is 1. The van der Waals surface area contributed by atoms with Crippen LogP contribution in [0, 0.1) is 0 Å². The molecule has 0 fully saturated rings. The largest absolute Gasteiger partial charge is 0.398 e. The molecule has 14 heavy (non-hydrogen) atoms. The first-order valence-corrected chi connectivity index (χ1v) is 5.29. The average molecular weight is 232 g/mol. The smallest absolute Gasteiger partial charge is 0.166 e. The van der Waals surface area contributed by atoms with E-state index in [4.69, 9.17) is 28.9 Å². The number of halogens is 2. The predicted octanol–water partition coefficient (Wildman–Crippen LogP) is 2.82. The second-order valence-electron chi connectivity index (χ2n) is 2.92. The van der Waals surface area contributed by atoms with Gasteiger partial charge in [-0.15, -0.1) is 23.2 Å². The van der Waals surface area contributed by atoms with Gasteiger partial charge in [-0.05, 0) is 17.7 Å². The second kappa shape index (κ2) is 5.23. The third kappa shape index (κ3) is 2.63. The van der Waals surface area contributed by atoms with E-state index in [1.54, 1.807) is 18.2 Å². The van der Waals surface area contributed by atoms with Crippen LogP contribution in [0.5, 0.6) is 0 Å². The highest BCUT2D eigenvalue weighted by atomic mass is 35.5. The highest BCUT2D eigenvalue weighted by Crippen LogP contribution is 2.17. The van der Waals surface area contributed by atoms with Gasteiger partial charge in [0.15, 0.2) is 5.78 Å². The zero-order valence-electron chi connectivity index (χ0n) is 7.59. The Hall–Kier alpha value is -0.730. The van der Waals surface area contributed by atoms with Crippen molar-refractivity contribution in [1.29, 1.82) is 0 Å². The van der Waals surface area contributed by atoms with E-state index in [0.29, 0.717) is 29.4 Å². The topological polar surface area (TPSA) is 43.1 Å². The lowest BCUT2D eigenvalue weighted by Crippen LogP contribution is -2.05. The zero-order chi connectivity index (χ0) is 10.6. The van der Waals surface area contributed by atoms with Gasteiger partial charge in [0.2, 0.25) is 0 Å². The van der Waals surface area contributed by atoms with Crippen LogP contribution in [-0.4, -0.2) is 11.7 Å². The van der Waals surface area contributed by atoms with E-state index in [1.165, 1.54) is 0 Å². The molecule has 0 aliphatic heterocycles. The number of hydrogen-bond acceptors (Lipinski definition) is 2. The van der Waals surface area contributed by atoms with E-state index < -0.39 is 0 Å². The molecule has 1 aromatic carbocycles. The molecule has 0 atom stereocenters. The third-order valence-electron chi connectivity index (χ3n) is 1.89. The molecule has 0 unspecified atom stereocenters. The van der Waals surface area contributed by atoms with Crippen LogP contribution in [0.15, 0.2) is 18.2 Å². The molecule has 0 aliphatic rings. The van der Waals surface area contributed by atoms with Crippen LogP contribution in [0.4, 0.5) is 5.69 Å². The van der Waals surface area contributed by atoms with Crippen LogP contribution < -0.4 is 5.73 Å². The van der Waals surface area contributed by atoms with Gasteiger partial charge in [-0.1, -0.05) is 6.07 Å². The van der Waals surface area contributed by atoms with Gasteiger partial charge in [0.05, 0.1) is 0 Å². The number of carbonyl (C=O) groups is 1. The number of hydrogen-bond donors (Lipinski definition) is 1. The van der Waals surface area contributed by atoms with Crippen molar-refractivity contribution in [3.63, 3.8) is 0 Å². The fourth-order valence-electron chi connectivity index (χ4n) is 1.15. The molecule has 0 aliphatic carbocycles. The first-order valence-electron chi connectivity index (χ1n) is 4.22. The van der Waals surface area contributed by atoms with Crippen LogP contribution in [0.3, 0.4) is 0 Å². The van der Waals surface area contributed by atoms with Crippen LogP contribution in [0.25, 0.3) is 0 Å². The van der Waals surface area contributed by atoms with Crippen LogP contribution in [0.1, 0.15) is 22.3 Å². The number of alkyl halides is 2. The monoisotopic (exact) mass is 231 g/mol. The van der Waals surface area contributed by atoms with E-state index in [-0.39, 0.29) is 5.78 Å². The normalized spacial score (nSPS) is 10.1. The maximum Gasteiger partial charge on any atom is 0.166 e. The Kier molecular flexibility index (Phi) is 4.23. The second-order valence-corrected chi connectivity index (χ2v) is 3.56. The molecular formula is C10H11Cl2NO. The molecule has 0 amide bonds. The Labute approximate surface area is 93.0 Å². The lowest BCUT2D eigenvalue weighted by molar-refractivity contribution is 0.0990. The van der Waals surface area contributed by atoms with Gasteiger partial charge in [-0.2, -0.15) is 0 Å². The standard InChI is InChI=1S/C10H11Cl2NO/c11-4-3-10(14)8-5-7(6-12)1-2-9(8)13/h1-2,5H,3-4,6,13H2. The SMILES string of the molecule is Nc1ccc(CCl)cc1C(=O)CCCl. The number of rotatable bonds is 4. The number of nitrogen functional groups attached to an aromatic ring is 1. The lowest BCUT2D eigenvalue weighted by atomic mass is 10.0. The fraction of sp³-hybridized carbons (Fsp3) is 0.300. The Balaban J connectivity index is 2.99. The molecule has 2 N–H and O–H groups in total. The van der Waals surface area contributed by atoms with E-state index >= 15 is 0 Å². The van der Waals surface area contributed by atoms with Gasteiger partial charge in [0.1, 0.15) is 0 Å². The maximum atomic E-state index is 11.5. The van der Waals surface area contributed by atoms with Gasteiger partial charge in [0, 0.05) is 29.4 Å². The molecule has 0 radical (unpaired) electrons. The van der Waals surface area contributed by atoms with Crippen molar-refractivity contribution in [2.75, 3.05) is 11.6 Å². The minimum Gasteiger partial charge on any atom is -0.398 e. The predicted molar refractivity (Wildman–Crippen MR) is 60.1 cm³/mol. The Morgan fingerprint density at radius 3 is 2.64 bits per heavy atom. The fourth-order valence-corrected chi connectivity index (χ4v) is 1.49. The summed E-state index contributed by atoms with van der Waals surface area (Å²) in [7, 11) is 0. The van der Waals surface area contributed by atoms with E-state index in [1.807, 2.05) is 0 Å². The Bertz CT molecular complexity index is 339. The average Bonchev–Trinajstić information content (AvgIpc) is 2.19. The maximum absolute atomic E-state index is 11.5. The highest BCUT2D eigenvalue weighted by Gasteiger charge is 2.09. The lowest BCUT2D eigenvalue weighted by Gasteiger charge is -2.05. The first kappa shape index (κ1) is 11.3. The summed E-state index contributed by atoms with van der Waals surface area (Å²) in [4.78, 5) is 11.5. The van der Waals surface area contributed by atoms with Crippen molar-refractivity contribution in [2.45, 2.75) is 12.3 Å². The van der Waals surface area contributed by atoms with Crippen molar-refractivity contribution in [1.82, 2.24) is 0 Å². The summed E-state index contributed by atoms with van der Waals surface area (Å²) >= 11 is 11.1. The third-order valence-corrected chi connectivity index (χ3v) is 2.39. The molecule has 0 saturated heterocycles. The van der Waals surface area contributed by atoms with Crippen LogP contribution >= 0.6 is 23.2 Å². The number of carbonyl (C=O) groups excluding carboxylic acids is 1. The summed E-state index contributed by atoms with van der Waals surface area (Å²) in [5.41, 5.74) is 7.55. The van der Waals surface area contributed by atoms with Gasteiger partial charge in [-0.25, -0.2) is 0 Å². The van der Waals surface area contributed by atoms with E-state index in [9.17, 15) is 4.79 Å². The summed E-state index contributed by atoms with van der Waals surface area (Å²) in [5, 5.41) is 0. The molecule has 0 bridgehead atoms. The summed E-state index contributed by atoms with van der Waals surface area (Å²) in [5.74, 6) is 0.648. The number of nitrogens with two attached hydrogens (primary N) is 1. The molecule has 0 saturated carbocycles. The molecule has 2 nitrogen and oxygen atoms in total. The van der Waals surface area contributed by atoms with E-state index in [0.717, 1.165) is 5.56 Å². The van der Waals surface area contributed by atoms with Gasteiger partial charge >= 0.3 is 0 Å². The van der Waals surface area contributed by atoms with Crippen molar-refractivity contribution in [2.24, 2.45) is 0 Å². The zero-order valence-corrected chi connectivity index (χ0v) is 9.11. The quantitative estimate of drug-likeness (QED) is 0.492. The molecule has 4 heteroatoms. The summed E-state index contributed by atoms with van der Waals surface area (Å²) in [6.45, 7) is 0. The minimum atomic E-state index is -0.0375. The van der Waals surface area contributed by atoms with Gasteiger partial charge in [0.25, 0.3) is 0 Å². The molecule has 76 valence electrons. The van der Waals surface area contributed by atoms with Crippen molar-refractivity contribution in [3.8, 4) is 0 Å². The molecule has 1 aromatic rings. The number of ketones is 1. The molecule has 0 spiro atoms. The van der Waals surface area contributed by atoms with Crippen molar-refractivity contribution in [3.05, 3.63) is 29.3 Å². The van der Waals surface area contributed by atoms with Crippen LogP contribution in [-0.2, 0) is 5.88 Å². The highest BCUT2D eigenvalue weighted by molar-refractivity contribution is 6.20. The Morgan fingerprint density at radius 2 is 2.07 bits per heavy atom.